The van der Waals surface area contributed by atoms with Crippen LogP contribution in [0, 0.1) is 0 Å². The SMILES string of the molecule is NC(CCCCCOC(=O)c1ccccc1)OC(=O)c1ccccc1. The van der Waals surface area contributed by atoms with Crippen LogP contribution in [0.3, 0.4) is 0 Å². The van der Waals surface area contributed by atoms with Crippen molar-refractivity contribution in [2.45, 2.75) is 31.9 Å². The van der Waals surface area contributed by atoms with E-state index in [0.717, 1.165) is 19.3 Å². The van der Waals surface area contributed by atoms with Crippen molar-refractivity contribution in [3.8, 4) is 0 Å². The highest BCUT2D eigenvalue weighted by molar-refractivity contribution is 5.89. The van der Waals surface area contributed by atoms with Crippen molar-refractivity contribution >= 4 is 11.9 Å². The summed E-state index contributed by atoms with van der Waals surface area (Å²) in [5.41, 5.74) is 6.87. The average Bonchev–Trinajstić information content (AvgIpc) is 2.65. The molecule has 25 heavy (non-hydrogen) atoms. The molecule has 5 nitrogen and oxygen atoms in total. The van der Waals surface area contributed by atoms with Crippen LogP contribution in [-0.4, -0.2) is 24.8 Å². The molecular formula is C20H23NO4. The first kappa shape index (κ1) is 18.7. The third kappa shape index (κ3) is 6.77. The minimum Gasteiger partial charge on any atom is -0.462 e. The van der Waals surface area contributed by atoms with Crippen LogP contribution in [0.4, 0.5) is 0 Å². The summed E-state index contributed by atoms with van der Waals surface area (Å²) in [6, 6.07) is 17.7. The monoisotopic (exact) mass is 341 g/mol. The minimum absolute atomic E-state index is 0.311. The van der Waals surface area contributed by atoms with E-state index in [-0.39, 0.29) is 5.97 Å². The molecule has 2 N–H and O–H groups in total. The predicted molar refractivity (Wildman–Crippen MR) is 95.0 cm³/mol. The molecule has 2 rings (SSSR count). The zero-order chi connectivity index (χ0) is 17.9. The number of rotatable bonds is 9. The summed E-state index contributed by atoms with van der Waals surface area (Å²) < 4.78 is 10.4. The maximum atomic E-state index is 11.8. The van der Waals surface area contributed by atoms with Gasteiger partial charge in [0.15, 0.2) is 6.23 Å². The molecule has 0 saturated carbocycles. The Bertz CT molecular complexity index is 658. The topological polar surface area (TPSA) is 78.6 Å². The van der Waals surface area contributed by atoms with Gasteiger partial charge in [0.05, 0.1) is 17.7 Å². The normalized spacial score (nSPS) is 11.6. The van der Waals surface area contributed by atoms with E-state index >= 15 is 0 Å². The van der Waals surface area contributed by atoms with E-state index in [2.05, 4.69) is 0 Å². The fourth-order valence-corrected chi connectivity index (χ4v) is 2.29. The van der Waals surface area contributed by atoms with Gasteiger partial charge >= 0.3 is 11.9 Å². The first-order chi connectivity index (χ1) is 12.2. The Kier molecular flexibility index (Phi) is 7.66. The van der Waals surface area contributed by atoms with Gasteiger partial charge in [-0.15, -0.1) is 0 Å². The highest BCUT2D eigenvalue weighted by Crippen LogP contribution is 2.08. The summed E-state index contributed by atoms with van der Waals surface area (Å²) in [5.74, 6) is -0.723. The molecule has 0 aliphatic heterocycles. The van der Waals surface area contributed by atoms with Gasteiger partial charge in [-0.1, -0.05) is 36.4 Å². The van der Waals surface area contributed by atoms with Gasteiger partial charge < -0.3 is 9.47 Å². The van der Waals surface area contributed by atoms with Gasteiger partial charge in [0.25, 0.3) is 0 Å². The molecule has 0 saturated heterocycles. The van der Waals surface area contributed by atoms with E-state index < -0.39 is 12.2 Å². The quantitative estimate of drug-likeness (QED) is 0.429. The first-order valence-electron chi connectivity index (χ1n) is 8.40. The standard InChI is InChI=1S/C20H23NO4/c21-18(25-20(23)17-12-6-2-7-13-17)14-8-3-9-15-24-19(22)16-10-4-1-5-11-16/h1-2,4-7,10-13,18H,3,8-9,14-15,21H2. The lowest BCUT2D eigenvalue weighted by Gasteiger charge is -2.13. The van der Waals surface area contributed by atoms with Gasteiger partial charge in [-0.25, -0.2) is 9.59 Å². The molecule has 2 aromatic rings. The summed E-state index contributed by atoms with van der Waals surface area (Å²) in [7, 11) is 0. The molecule has 1 unspecified atom stereocenters. The molecule has 0 aromatic heterocycles. The lowest BCUT2D eigenvalue weighted by molar-refractivity contribution is 0.0287. The number of esters is 2. The Morgan fingerprint density at radius 3 is 1.96 bits per heavy atom. The fraction of sp³-hybridized carbons (Fsp3) is 0.300. The Balaban J connectivity index is 1.55. The Labute approximate surface area is 147 Å². The third-order valence-electron chi connectivity index (χ3n) is 3.64. The molecule has 132 valence electrons. The zero-order valence-corrected chi connectivity index (χ0v) is 14.1. The van der Waals surface area contributed by atoms with Gasteiger partial charge in [-0.2, -0.15) is 0 Å². The van der Waals surface area contributed by atoms with Crippen LogP contribution in [0.25, 0.3) is 0 Å². The maximum absolute atomic E-state index is 11.8. The fourth-order valence-electron chi connectivity index (χ4n) is 2.29. The number of carbonyl (C=O) groups is 2. The van der Waals surface area contributed by atoms with Crippen LogP contribution < -0.4 is 5.73 Å². The Morgan fingerprint density at radius 1 is 0.800 bits per heavy atom. The molecule has 0 radical (unpaired) electrons. The van der Waals surface area contributed by atoms with Crippen LogP contribution in [0.15, 0.2) is 60.7 Å². The largest absolute Gasteiger partial charge is 0.462 e. The Morgan fingerprint density at radius 2 is 1.36 bits per heavy atom. The van der Waals surface area contributed by atoms with Crippen molar-refractivity contribution in [1.29, 1.82) is 0 Å². The lowest BCUT2D eigenvalue weighted by Crippen LogP contribution is -2.27. The number of ether oxygens (including phenoxy) is 2. The lowest BCUT2D eigenvalue weighted by atomic mass is 10.2. The van der Waals surface area contributed by atoms with Crippen LogP contribution >= 0.6 is 0 Å². The van der Waals surface area contributed by atoms with Gasteiger partial charge in [-0.05, 0) is 49.9 Å². The predicted octanol–water partition coefficient (Wildman–Crippen LogP) is 3.55. The van der Waals surface area contributed by atoms with E-state index in [1.54, 1.807) is 48.5 Å². The summed E-state index contributed by atoms with van der Waals surface area (Å²) in [5, 5.41) is 0. The highest BCUT2D eigenvalue weighted by Gasteiger charge is 2.11. The average molecular weight is 341 g/mol. The number of benzene rings is 2. The van der Waals surface area contributed by atoms with Crippen LogP contribution in [0.5, 0.6) is 0 Å². The van der Waals surface area contributed by atoms with Gasteiger partial charge in [0.2, 0.25) is 0 Å². The molecule has 0 heterocycles. The minimum atomic E-state index is -0.625. The first-order valence-corrected chi connectivity index (χ1v) is 8.40. The smallest absolute Gasteiger partial charge is 0.339 e. The molecule has 0 spiro atoms. The summed E-state index contributed by atoms with van der Waals surface area (Å²) in [4.78, 5) is 23.6. The van der Waals surface area contributed by atoms with Crippen molar-refractivity contribution in [3.05, 3.63) is 71.8 Å². The van der Waals surface area contributed by atoms with E-state index in [1.807, 2.05) is 12.1 Å². The second-order valence-corrected chi connectivity index (χ2v) is 5.66. The summed E-state index contributed by atoms with van der Waals surface area (Å²) >= 11 is 0. The van der Waals surface area contributed by atoms with Crippen molar-refractivity contribution in [2.75, 3.05) is 6.61 Å². The van der Waals surface area contributed by atoms with Crippen molar-refractivity contribution in [2.24, 2.45) is 5.73 Å². The molecule has 5 heteroatoms. The highest BCUT2D eigenvalue weighted by atomic mass is 16.6. The number of hydrogen-bond donors (Lipinski definition) is 1. The number of nitrogens with two attached hydrogens (primary N) is 1. The van der Waals surface area contributed by atoms with Gasteiger partial charge in [0, 0.05) is 0 Å². The molecule has 2 aromatic carbocycles. The molecule has 0 bridgehead atoms. The second-order valence-electron chi connectivity index (χ2n) is 5.66. The molecular weight excluding hydrogens is 318 g/mol. The third-order valence-corrected chi connectivity index (χ3v) is 3.64. The van der Waals surface area contributed by atoms with Crippen molar-refractivity contribution < 1.29 is 19.1 Å². The molecule has 0 aliphatic rings. The van der Waals surface area contributed by atoms with E-state index in [9.17, 15) is 9.59 Å². The van der Waals surface area contributed by atoms with E-state index in [0.29, 0.717) is 24.2 Å². The van der Waals surface area contributed by atoms with Crippen molar-refractivity contribution in [3.63, 3.8) is 0 Å². The molecule has 0 fully saturated rings. The molecule has 0 amide bonds. The summed E-state index contributed by atoms with van der Waals surface area (Å²) in [6.07, 6.45) is 2.34. The van der Waals surface area contributed by atoms with Crippen LogP contribution in [0.2, 0.25) is 0 Å². The molecule has 0 aliphatic carbocycles. The maximum Gasteiger partial charge on any atom is 0.339 e. The Hall–Kier alpha value is -2.66. The second kappa shape index (κ2) is 10.3. The van der Waals surface area contributed by atoms with Crippen molar-refractivity contribution in [1.82, 2.24) is 0 Å². The summed E-state index contributed by atoms with van der Waals surface area (Å²) in [6.45, 7) is 0.368. The number of carbonyl (C=O) groups excluding carboxylic acids is 2. The number of unbranched alkanes of at least 4 members (excludes halogenated alkanes) is 2. The van der Waals surface area contributed by atoms with Crippen LogP contribution in [-0.2, 0) is 9.47 Å². The van der Waals surface area contributed by atoms with E-state index in [1.165, 1.54) is 0 Å². The number of hydrogen-bond acceptors (Lipinski definition) is 5. The van der Waals surface area contributed by atoms with Gasteiger partial charge in [0.1, 0.15) is 0 Å². The van der Waals surface area contributed by atoms with Gasteiger partial charge in [-0.3, -0.25) is 5.73 Å². The van der Waals surface area contributed by atoms with E-state index in [4.69, 9.17) is 15.2 Å². The van der Waals surface area contributed by atoms with Crippen LogP contribution in [0.1, 0.15) is 46.4 Å². The zero-order valence-electron chi connectivity index (χ0n) is 14.1. The molecule has 1 atom stereocenters.